The van der Waals surface area contributed by atoms with E-state index in [0.717, 1.165) is 18.4 Å². The van der Waals surface area contributed by atoms with Crippen LogP contribution in [0.3, 0.4) is 0 Å². The van der Waals surface area contributed by atoms with E-state index in [-0.39, 0.29) is 48.8 Å². The zero-order valence-corrected chi connectivity index (χ0v) is 26.0. The van der Waals surface area contributed by atoms with Gasteiger partial charge in [0.05, 0.1) is 18.0 Å². The minimum atomic E-state index is -1.24. The first-order valence-electron chi connectivity index (χ1n) is 15.9. The van der Waals surface area contributed by atoms with Crippen LogP contribution in [-0.2, 0) is 24.5 Å². The predicted molar refractivity (Wildman–Crippen MR) is 165 cm³/mol. The molecule has 2 aromatic rings. The lowest BCUT2D eigenvalue weighted by atomic mass is 9.74. The molecule has 3 heterocycles. The average molecular weight is 623 g/mol. The van der Waals surface area contributed by atoms with Gasteiger partial charge in [0.25, 0.3) is 5.91 Å². The molecule has 2 saturated heterocycles. The summed E-state index contributed by atoms with van der Waals surface area (Å²) >= 11 is 0. The summed E-state index contributed by atoms with van der Waals surface area (Å²) in [5.41, 5.74) is 0.396. The molecule has 2 aromatic carbocycles. The van der Waals surface area contributed by atoms with Crippen LogP contribution in [0, 0.1) is 11.7 Å². The number of benzene rings is 2. The average Bonchev–Trinajstić information content (AvgIpc) is 3.50. The van der Waals surface area contributed by atoms with E-state index in [1.807, 2.05) is 19.9 Å². The van der Waals surface area contributed by atoms with Crippen molar-refractivity contribution in [1.82, 2.24) is 20.9 Å². The normalized spacial score (nSPS) is 24.0. The van der Waals surface area contributed by atoms with Gasteiger partial charge in [-0.25, -0.2) is 4.39 Å². The number of hydrogen-bond donors (Lipinski definition) is 3. The summed E-state index contributed by atoms with van der Waals surface area (Å²) in [7, 11) is 0. The number of amides is 4. The van der Waals surface area contributed by atoms with Crippen LogP contribution in [0.15, 0.2) is 48.5 Å². The Hall–Kier alpha value is -3.99. The predicted octanol–water partition coefficient (Wildman–Crippen LogP) is 3.09. The number of ether oxygens (including phenoxy) is 2. The molecule has 11 heteroatoms. The quantitative estimate of drug-likeness (QED) is 0.455. The molecule has 45 heavy (non-hydrogen) atoms. The summed E-state index contributed by atoms with van der Waals surface area (Å²) in [6.45, 7) is 5.79. The summed E-state index contributed by atoms with van der Waals surface area (Å²) in [4.78, 5) is 56.4. The van der Waals surface area contributed by atoms with Gasteiger partial charge in [-0.2, -0.15) is 0 Å². The molecule has 3 N–H and O–H groups in total. The molecule has 3 atom stereocenters. The van der Waals surface area contributed by atoms with Crippen molar-refractivity contribution in [2.24, 2.45) is 5.92 Å². The molecule has 0 bridgehead atoms. The zero-order chi connectivity index (χ0) is 32.0. The van der Waals surface area contributed by atoms with Gasteiger partial charge >= 0.3 is 0 Å². The fraction of sp³-hybridized carbons (Fsp3) is 0.529. The highest BCUT2D eigenvalue weighted by Crippen LogP contribution is 2.35. The summed E-state index contributed by atoms with van der Waals surface area (Å²) in [5.74, 6) is -1.71. The largest absolute Gasteiger partial charge is 0.491 e. The van der Waals surface area contributed by atoms with Crippen LogP contribution < -0.4 is 20.7 Å². The lowest BCUT2D eigenvalue weighted by molar-refractivity contribution is -0.138. The van der Waals surface area contributed by atoms with Crippen molar-refractivity contribution in [1.29, 1.82) is 0 Å². The van der Waals surface area contributed by atoms with E-state index >= 15 is 0 Å². The van der Waals surface area contributed by atoms with Crippen LogP contribution in [-0.4, -0.2) is 79.6 Å². The van der Waals surface area contributed by atoms with Gasteiger partial charge in [-0.15, -0.1) is 0 Å². The van der Waals surface area contributed by atoms with E-state index in [2.05, 4.69) is 16.0 Å². The van der Waals surface area contributed by atoms with Gasteiger partial charge in [0, 0.05) is 31.7 Å². The topological polar surface area (TPSA) is 126 Å². The maximum absolute atomic E-state index is 14.2. The molecule has 3 aliphatic rings. The molecular weight excluding hydrogens is 579 g/mol. The Bertz CT molecular complexity index is 1390. The Morgan fingerprint density at radius 2 is 1.87 bits per heavy atom. The molecule has 0 radical (unpaired) electrons. The first kappa shape index (κ1) is 32.4. The van der Waals surface area contributed by atoms with Crippen LogP contribution in [0.5, 0.6) is 5.75 Å². The second-order valence-corrected chi connectivity index (χ2v) is 12.7. The summed E-state index contributed by atoms with van der Waals surface area (Å²) in [6, 6.07) is 10.9. The van der Waals surface area contributed by atoms with Gasteiger partial charge < -0.3 is 30.3 Å². The van der Waals surface area contributed by atoms with Gasteiger partial charge in [-0.3, -0.25) is 19.2 Å². The number of para-hydroxylation sites is 1. The monoisotopic (exact) mass is 622 g/mol. The third-order valence-electron chi connectivity index (χ3n) is 9.06. The first-order chi connectivity index (χ1) is 21.6. The van der Waals surface area contributed by atoms with E-state index in [0.29, 0.717) is 44.8 Å². The molecule has 0 aromatic heterocycles. The molecule has 2 fully saturated rings. The third-order valence-corrected chi connectivity index (χ3v) is 9.06. The van der Waals surface area contributed by atoms with Crippen molar-refractivity contribution < 1.29 is 33.0 Å². The molecular formula is C34H43FN4O6. The Morgan fingerprint density at radius 1 is 1.09 bits per heavy atom. The number of hydrogen-bond acceptors (Lipinski definition) is 6. The van der Waals surface area contributed by atoms with Crippen molar-refractivity contribution in [2.45, 2.75) is 75.9 Å². The van der Waals surface area contributed by atoms with Crippen molar-refractivity contribution in [3.63, 3.8) is 0 Å². The number of carbonyl (C=O) groups is 4. The lowest BCUT2D eigenvalue weighted by Crippen LogP contribution is -2.55. The van der Waals surface area contributed by atoms with Crippen LogP contribution in [0.2, 0.25) is 0 Å². The van der Waals surface area contributed by atoms with Crippen LogP contribution >= 0.6 is 0 Å². The Morgan fingerprint density at radius 3 is 2.62 bits per heavy atom. The van der Waals surface area contributed by atoms with Crippen molar-refractivity contribution >= 4 is 23.6 Å². The van der Waals surface area contributed by atoms with Crippen LogP contribution in [0.25, 0.3) is 0 Å². The smallest absolute Gasteiger partial charge is 0.255 e. The lowest BCUT2D eigenvalue weighted by Gasteiger charge is -2.38. The van der Waals surface area contributed by atoms with Gasteiger partial charge in [0.15, 0.2) is 0 Å². The summed E-state index contributed by atoms with van der Waals surface area (Å²) in [6.07, 6.45) is 2.76. The molecule has 10 nitrogen and oxygen atoms in total. The number of carbonyl (C=O) groups excluding carboxylic acids is 4. The van der Waals surface area contributed by atoms with E-state index in [9.17, 15) is 23.6 Å². The second kappa shape index (κ2) is 14.4. The summed E-state index contributed by atoms with van der Waals surface area (Å²) in [5, 5.41) is 8.56. The highest BCUT2D eigenvalue weighted by molar-refractivity contribution is 6.01. The number of fused-ring (bicyclic) bond motifs is 2. The van der Waals surface area contributed by atoms with Gasteiger partial charge in [0.2, 0.25) is 17.7 Å². The van der Waals surface area contributed by atoms with Crippen molar-refractivity contribution in [3.8, 4) is 5.75 Å². The number of nitrogens with zero attached hydrogens (tertiary/aromatic N) is 1. The molecule has 0 aliphatic carbocycles. The standard InChI is InChI=1S/C34H43FN4O6/c1-22(2)17-28-33(43)39-14-6-9-25(39)20-45-29-11-4-3-10-26(29)31(41)38-27(19-30(40)37-28)32(42)36-21-34(12-15-44-16-13-34)23-7-5-8-24(35)18-23/h3-5,7-8,10-11,18,22,25,27-28H,6,9,12-17,19-21H2,1-2H3,(H,36,42)(H,37,40)(H,38,41)/t25-,27+,28+/m1/s1. The fourth-order valence-electron chi connectivity index (χ4n) is 6.57. The van der Waals surface area contributed by atoms with Gasteiger partial charge in [-0.1, -0.05) is 38.1 Å². The minimum Gasteiger partial charge on any atom is -0.491 e. The fourth-order valence-corrected chi connectivity index (χ4v) is 6.57. The molecule has 0 unspecified atom stereocenters. The zero-order valence-electron chi connectivity index (χ0n) is 26.0. The Balaban J connectivity index is 1.41. The highest BCUT2D eigenvalue weighted by Gasteiger charge is 2.38. The van der Waals surface area contributed by atoms with Crippen LogP contribution in [0.4, 0.5) is 4.39 Å². The highest BCUT2D eigenvalue weighted by atomic mass is 19.1. The SMILES string of the molecule is CC(C)C[C@@H]1NC(=O)C[C@@H](C(=O)NCC2(c3cccc(F)c3)CCOCC2)NC(=O)c2ccccc2OC[C@H]2CCCN2C1=O. The molecule has 4 amide bonds. The molecule has 5 rings (SSSR count). The van der Waals surface area contributed by atoms with Gasteiger partial charge in [-0.05, 0) is 67.9 Å². The maximum Gasteiger partial charge on any atom is 0.255 e. The number of rotatable bonds is 6. The van der Waals surface area contributed by atoms with E-state index in [1.165, 1.54) is 12.1 Å². The maximum atomic E-state index is 14.2. The van der Waals surface area contributed by atoms with Crippen molar-refractivity contribution in [2.75, 3.05) is 32.9 Å². The third kappa shape index (κ3) is 7.81. The molecule has 0 spiro atoms. The minimum absolute atomic E-state index is 0.125. The Labute approximate surface area is 263 Å². The second-order valence-electron chi connectivity index (χ2n) is 12.7. The molecule has 3 aliphatic heterocycles. The number of nitrogens with one attached hydrogen (secondary N) is 3. The molecule has 242 valence electrons. The Kier molecular flexibility index (Phi) is 10.4. The van der Waals surface area contributed by atoms with Crippen molar-refractivity contribution in [3.05, 3.63) is 65.5 Å². The number of halogens is 1. The van der Waals surface area contributed by atoms with E-state index in [1.54, 1.807) is 35.2 Å². The van der Waals surface area contributed by atoms with Gasteiger partial charge in [0.1, 0.15) is 30.3 Å². The van der Waals surface area contributed by atoms with Crippen LogP contribution in [0.1, 0.15) is 68.3 Å². The molecule has 0 saturated carbocycles. The van der Waals surface area contributed by atoms with E-state index < -0.39 is 35.2 Å². The van der Waals surface area contributed by atoms with E-state index in [4.69, 9.17) is 9.47 Å². The summed E-state index contributed by atoms with van der Waals surface area (Å²) < 4.78 is 25.9. The first-order valence-corrected chi connectivity index (χ1v) is 15.9.